The molecule has 0 aromatic carbocycles. The molecule has 0 aliphatic heterocycles. The Balaban J connectivity index is 1.32. The largest absolute Gasteiger partial charge is 0.368 e. The number of aromatic amines is 1. The van der Waals surface area contributed by atoms with Crippen molar-refractivity contribution in [3.8, 4) is 0 Å². The van der Waals surface area contributed by atoms with Gasteiger partial charge in [-0.15, -0.1) is 0 Å². The predicted octanol–water partition coefficient (Wildman–Crippen LogP) is 3.42. The van der Waals surface area contributed by atoms with Crippen molar-refractivity contribution in [1.29, 1.82) is 0 Å². The molecule has 10 heteroatoms. The highest BCUT2D eigenvalue weighted by atomic mass is 16.1. The molecular weight excluding hydrogens is 418 g/mol. The Morgan fingerprint density at radius 2 is 1.94 bits per heavy atom. The van der Waals surface area contributed by atoms with Crippen molar-refractivity contribution < 1.29 is 4.79 Å². The van der Waals surface area contributed by atoms with Crippen LogP contribution in [-0.2, 0) is 0 Å². The van der Waals surface area contributed by atoms with Crippen molar-refractivity contribution in [2.45, 2.75) is 82.3 Å². The topological polar surface area (TPSA) is 139 Å². The van der Waals surface area contributed by atoms with Crippen LogP contribution in [0.3, 0.4) is 0 Å². The smallest absolute Gasteiger partial charge is 0.227 e. The number of rotatable bonds is 9. The molecule has 0 unspecified atom stereocenters. The highest BCUT2D eigenvalue weighted by Gasteiger charge is 2.23. The monoisotopic (exact) mass is 451 g/mol. The van der Waals surface area contributed by atoms with Crippen LogP contribution in [0.5, 0.6) is 0 Å². The molecule has 0 atom stereocenters. The summed E-state index contributed by atoms with van der Waals surface area (Å²) in [6.45, 7) is 0.618. The van der Waals surface area contributed by atoms with Crippen molar-refractivity contribution in [3.63, 3.8) is 0 Å². The number of ketones is 1. The summed E-state index contributed by atoms with van der Waals surface area (Å²) in [7, 11) is 0. The highest BCUT2D eigenvalue weighted by molar-refractivity contribution is 5.92. The van der Waals surface area contributed by atoms with E-state index >= 15 is 0 Å². The summed E-state index contributed by atoms with van der Waals surface area (Å²) in [6, 6.07) is 1.09. The fourth-order valence-corrected chi connectivity index (χ4v) is 4.99. The highest BCUT2D eigenvalue weighted by Crippen LogP contribution is 2.33. The van der Waals surface area contributed by atoms with Crippen molar-refractivity contribution in [2.75, 3.05) is 17.2 Å². The Labute approximate surface area is 193 Å². The summed E-state index contributed by atoms with van der Waals surface area (Å²) >= 11 is 0. The summed E-state index contributed by atoms with van der Waals surface area (Å²) < 4.78 is 2.22. The lowest BCUT2D eigenvalue weighted by Crippen LogP contribution is -2.33. The second-order valence-electron chi connectivity index (χ2n) is 9.31. The van der Waals surface area contributed by atoms with Crippen LogP contribution in [-0.4, -0.2) is 53.9 Å². The second-order valence-corrected chi connectivity index (χ2v) is 9.31. The molecule has 3 aromatic heterocycles. The van der Waals surface area contributed by atoms with Gasteiger partial charge in [-0.2, -0.15) is 9.97 Å². The third-order valence-electron chi connectivity index (χ3n) is 6.88. The maximum absolute atomic E-state index is 12.2. The standard InChI is InChI=1S/C23H33N9O/c24-15-7-9-16(10-8-15)29-23-30-21(25-11-3-6-18(33)20-26-12-13-27-20)19-22(31-23)32(14-28-19)17-4-1-2-5-17/h12-17H,1-11,24H2,(H,26,27)(H2,25,29,30,31). The third kappa shape index (κ3) is 5.00. The first-order valence-electron chi connectivity index (χ1n) is 12.2. The van der Waals surface area contributed by atoms with Crippen LogP contribution in [0, 0.1) is 0 Å². The number of carbonyl (C=O) groups is 1. The molecule has 0 spiro atoms. The van der Waals surface area contributed by atoms with E-state index in [1.807, 2.05) is 6.33 Å². The Morgan fingerprint density at radius 3 is 2.70 bits per heavy atom. The SMILES string of the molecule is NC1CCC(Nc2nc(NCCCC(=O)c3ncc[nH]3)c3ncn(C4CCCC4)c3n2)CC1. The minimum absolute atomic E-state index is 0.0120. The number of nitrogens with one attached hydrogen (secondary N) is 3. The zero-order valence-corrected chi connectivity index (χ0v) is 19.0. The molecule has 3 heterocycles. The summed E-state index contributed by atoms with van der Waals surface area (Å²) in [5, 5.41) is 6.95. The van der Waals surface area contributed by atoms with Gasteiger partial charge < -0.3 is 25.9 Å². The van der Waals surface area contributed by atoms with E-state index in [9.17, 15) is 4.79 Å². The van der Waals surface area contributed by atoms with Crippen LogP contribution in [0.15, 0.2) is 18.7 Å². The van der Waals surface area contributed by atoms with Gasteiger partial charge in [0.15, 0.2) is 28.6 Å². The molecule has 2 aliphatic carbocycles. The van der Waals surface area contributed by atoms with E-state index in [4.69, 9.17) is 15.7 Å². The Bertz CT molecular complexity index is 1060. The molecule has 3 aromatic rings. The van der Waals surface area contributed by atoms with Gasteiger partial charge in [-0.3, -0.25) is 4.79 Å². The Kier molecular flexibility index (Phi) is 6.52. The number of carbonyl (C=O) groups excluding carboxylic acids is 1. The van der Waals surface area contributed by atoms with Gasteiger partial charge in [0.2, 0.25) is 5.95 Å². The quantitative estimate of drug-likeness (QED) is 0.287. The summed E-state index contributed by atoms with van der Waals surface area (Å²) in [5.41, 5.74) is 7.74. The van der Waals surface area contributed by atoms with E-state index in [2.05, 4.69) is 30.2 Å². The van der Waals surface area contributed by atoms with Crippen LogP contribution in [0.2, 0.25) is 0 Å². The first-order valence-corrected chi connectivity index (χ1v) is 12.2. The number of anilines is 2. The molecule has 176 valence electrons. The number of Topliss-reactive ketones (excluding diaryl/α,β-unsaturated/α-hetero) is 1. The number of nitrogens with two attached hydrogens (primary N) is 1. The average molecular weight is 452 g/mol. The predicted molar refractivity (Wildman–Crippen MR) is 127 cm³/mol. The molecule has 10 nitrogen and oxygen atoms in total. The van der Waals surface area contributed by atoms with Crippen LogP contribution in [0.1, 0.15) is 80.9 Å². The Hall–Kier alpha value is -3.01. The molecule has 0 amide bonds. The zero-order chi connectivity index (χ0) is 22.6. The van der Waals surface area contributed by atoms with Gasteiger partial charge in [0, 0.05) is 43.5 Å². The molecule has 2 aliphatic rings. The van der Waals surface area contributed by atoms with E-state index in [1.54, 1.807) is 12.4 Å². The van der Waals surface area contributed by atoms with Crippen LogP contribution < -0.4 is 16.4 Å². The molecule has 0 saturated heterocycles. The van der Waals surface area contributed by atoms with E-state index in [0.717, 1.165) is 55.5 Å². The molecule has 2 fully saturated rings. The van der Waals surface area contributed by atoms with Crippen molar-refractivity contribution in [2.24, 2.45) is 5.73 Å². The lowest BCUT2D eigenvalue weighted by atomic mass is 9.92. The van der Waals surface area contributed by atoms with Gasteiger partial charge >= 0.3 is 0 Å². The molecule has 5 N–H and O–H groups in total. The van der Waals surface area contributed by atoms with Gasteiger partial charge in [-0.05, 0) is 44.9 Å². The lowest BCUT2D eigenvalue weighted by molar-refractivity contribution is 0.0972. The minimum Gasteiger partial charge on any atom is -0.368 e. The number of hydrogen-bond donors (Lipinski definition) is 4. The molecule has 2 saturated carbocycles. The minimum atomic E-state index is 0.0120. The molecule has 33 heavy (non-hydrogen) atoms. The third-order valence-corrected chi connectivity index (χ3v) is 6.88. The Morgan fingerprint density at radius 1 is 1.12 bits per heavy atom. The van der Waals surface area contributed by atoms with Crippen molar-refractivity contribution in [1.82, 2.24) is 29.5 Å². The number of nitrogens with zero attached hydrogens (tertiary/aromatic N) is 5. The average Bonchev–Trinajstić information content (AvgIpc) is 3.59. The van der Waals surface area contributed by atoms with Gasteiger partial charge in [0.05, 0.1) is 6.33 Å². The molecule has 0 bridgehead atoms. The van der Waals surface area contributed by atoms with E-state index < -0.39 is 0 Å². The fraction of sp³-hybridized carbons (Fsp3) is 0.609. The van der Waals surface area contributed by atoms with E-state index in [-0.39, 0.29) is 5.78 Å². The van der Waals surface area contributed by atoms with E-state index in [1.165, 1.54) is 12.8 Å². The summed E-state index contributed by atoms with van der Waals surface area (Å²) in [6.07, 6.45) is 15.2. The van der Waals surface area contributed by atoms with E-state index in [0.29, 0.717) is 49.3 Å². The first-order chi connectivity index (χ1) is 16.2. The van der Waals surface area contributed by atoms with Crippen LogP contribution >= 0.6 is 0 Å². The van der Waals surface area contributed by atoms with Gasteiger partial charge in [0.1, 0.15) is 0 Å². The number of fused-ring (bicyclic) bond motifs is 1. The summed E-state index contributed by atoms with van der Waals surface area (Å²) in [4.78, 5) is 33.4. The number of hydrogen-bond acceptors (Lipinski definition) is 8. The summed E-state index contributed by atoms with van der Waals surface area (Å²) in [5.74, 6) is 1.78. The first kappa shape index (κ1) is 21.8. The lowest BCUT2D eigenvalue weighted by Gasteiger charge is -2.27. The normalized spacial score (nSPS) is 21.5. The maximum Gasteiger partial charge on any atom is 0.227 e. The van der Waals surface area contributed by atoms with Gasteiger partial charge in [-0.1, -0.05) is 12.8 Å². The number of H-pyrrole nitrogens is 1. The van der Waals surface area contributed by atoms with Crippen molar-refractivity contribution >= 4 is 28.7 Å². The molecule has 5 rings (SSSR count). The fourth-order valence-electron chi connectivity index (χ4n) is 4.99. The van der Waals surface area contributed by atoms with Crippen LogP contribution in [0.25, 0.3) is 11.2 Å². The molecular formula is C23H33N9O. The molecule has 0 radical (unpaired) electrons. The van der Waals surface area contributed by atoms with Gasteiger partial charge in [-0.25, -0.2) is 9.97 Å². The zero-order valence-electron chi connectivity index (χ0n) is 19.0. The van der Waals surface area contributed by atoms with Gasteiger partial charge in [0.25, 0.3) is 0 Å². The van der Waals surface area contributed by atoms with Crippen molar-refractivity contribution in [3.05, 3.63) is 24.5 Å². The number of aromatic nitrogens is 6. The number of imidazole rings is 2. The maximum atomic E-state index is 12.2. The van der Waals surface area contributed by atoms with Crippen LogP contribution in [0.4, 0.5) is 11.8 Å². The second kappa shape index (κ2) is 9.86.